The molecule has 0 amide bonds. The second-order valence-electron chi connectivity index (χ2n) is 8.17. The molecule has 6 nitrogen and oxygen atoms in total. The first-order chi connectivity index (χ1) is 17.1. The molecule has 1 atom stereocenters. The second kappa shape index (κ2) is 10.3. The molecule has 4 rings (SSSR count). The summed E-state index contributed by atoms with van der Waals surface area (Å²) in [5.41, 5.74) is -0.358. The van der Waals surface area contributed by atoms with Crippen molar-refractivity contribution in [2.45, 2.75) is 24.9 Å². The van der Waals surface area contributed by atoms with Crippen LogP contribution in [0.2, 0.25) is 0 Å². The van der Waals surface area contributed by atoms with Crippen LogP contribution in [0.3, 0.4) is 0 Å². The molecule has 0 fully saturated rings. The standard InChI is InChI=1S/C25H21F5N4O2/c26-20-5-8-22(23(27)11-20)24(35,14-34-17-31-16-32-34)13-33-10-9-19(12-33)2-1-18-3-6-21(7-4-18)36-15-25(28,29)30/h1-12,16-17,35H,13-15H2. The summed E-state index contributed by atoms with van der Waals surface area (Å²) in [7, 11) is 0. The van der Waals surface area contributed by atoms with Crippen LogP contribution in [0.15, 0.2) is 73.6 Å². The minimum Gasteiger partial charge on any atom is -0.484 e. The fourth-order valence-corrected chi connectivity index (χ4v) is 3.66. The lowest BCUT2D eigenvalue weighted by molar-refractivity contribution is -0.153. The van der Waals surface area contributed by atoms with E-state index in [-0.39, 0.29) is 24.4 Å². The zero-order valence-electron chi connectivity index (χ0n) is 18.7. The number of nitrogens with zero attached hydrogens (tertiary/aromatic N) is 4. The molecule has 0 bridgehead atoms. The van der Waals surface area contributed by atoms with Crippen LogP contribution in [0, 0.1) is 11.6 Å². The molecule has 0 aliphatic heterocycles. The quantitative estimate of drug-likeness (QED) is 0.324. The maximum absolute atomic E-state index is 14.6. The summed E-state index contributed by atoms with van der Waals surface area (Å²) >= 11 is 0. The van der Waals surface area contributed by atoms with E-state index in [9.17, 15) is 27.1 Å². The number of benzene rings is 2. The van der Waals surface area contributed by atoms with Crippen molar-refractivity contribution in [2.24, 2.45) is 0 Å². The number of aromatic nitrogens is 4. The van der Waals surface area contributed by atoms with E-state index in [0.717, 1.165) is 17.2 Å². The van der Waals surface area contributed by atoms with Gasteiger partial charge in [0.2, 0.25) is 0 Å². The van der Waals surface area contributed by atoms with E-state index in [0.29, 0.717) is 6.07 Å². The minimum absolute atomic E-state index is 0.0610. The molecule has 4 aromatic rings. The predicted octanol–water partition coefficient (Wildman–Crippen LogP) is 5.06. The molecule has 0 saturated heterocycles. The van der Waals surface area contributed by atoms with Gasteiger partial charge in [-0.2, -0.15) is 18.3 Å². The Balaban J connectivity index is 1.48. The molecule has 0 saturated carbocycles. The van der Waals surface area contributed by atoms with Crippen LogP contribution in [0.5, 0.6) is 5.75 Å². The molecule has 36 heavy (non-hydrogen) atoms. The van der Waals surface area contributed by atoms with Gasteiger partial charge in [0.1, 0.15) is 35.6 Å². The SMILES string of the molecule is OC(Cn1ccc(C=Cc2ccc(OCC(F)(F)F)cc2)c1)(Cn1cncn1)c1ccc(F)cc1F. The first-order valence-electron chi connectivity index (χ1n) is 10.7. The monoisotopic (exact) mass is 504 g/mol. The number of halogens is 5. The van der Waals surface area contributed by atoms with Crippen LogP contribution in [0.4, 0.5) is 22.0 Å². The molecule has 0 spiro atoms. The average molecular weight is 504 g/mol. The van der Waals surface area contributed by atoms with Gasteiger partial charge in [-0.25, -0.2) is 18.4 Å². The average Bonchev–Trinajstić information content (AvgIpc) is 3.48. The molecular formula is C25H21F5N4O2. The predicted molar refractivity (Wildman–Crippen MR) is 122 cm³/mol. The molecule has 188 valence electrons. The van der Waals surface area contributed by atoms with Gasteiger partial charge in [-0.1, -0.05) is 30.4 Å². The summed E-state index contributed by atoms with van der Waals surface area (Å²) in [5.74, 6) is -1.53. The van der Waals surface area contributed by atoms with E-state index < -0.39 is 30.0 Å². The number of ether oxygens (including phenoxy) is 1. The maximum atomic E-state index is 14.6. The number of alkyl halides is 3. The van der Waals surface area contributed by atoms with E-state index >= 15 is 0 Å². The normalized spacial score (nSPS) is 13.7. The van der Waals surface area contributed by atoms with E-state index in [4.69, 9.17) is 4.74 Å². The lowest BCUT2D eigenvalue weighted by Crippen LogP contribution is -2.37. The summed E-state index contributed by atoms with van der Waals surface area (Å²) < 4.78 is 72.6. The Labute approximate surface area is 202 Å². The van der Waals surface area contributed by atoms with Crippen LogP contribution >= 0.6 is 0 Å². The lowest BCUT2D eigenvalue weighted by atomic mass is 9.92. The lowest BCUT2D eigenvalue weighted by Gasteiger charge is -2.29. The fourth-order valence-electron chi connectivity index (χ4n) is 3.66. The Morgan fingerprint density at radius 2 is 1.69 bits per heavy atom. The summed E-state index contributed by atoms with van der Waals surface area (Å²) in [5, 5.41) is 15.4. The van der Waals surface area contributed by atoms with E-state index in [1.54, 1.807) is 47.3 Å². The first-order valence-corrected chi connectivity index (χ1v) is 10.7. The van der Waals surface area contributed by atoms with Crippen molar-refractivity contribution in [3.8, 4) is 5.75 Å². The highest BCUT2D eigenvalue weighted by Gasteiger charge is 2.34. The fraction of sp³-hybridized carbons (Fsp3) is 0.200. The Hall–Kier alpha value is -3.99. The van der Waals surface area contributed by atoms with E-state index in [1.807, 2.05) is 0 Å². The van der Waals surface area contributed by atoms with Crippen LogP contribution < -0.4 is 4.74 Å². The van der Waals surface area contributed by atoms with Crippen molar-refractivity contribution in [2.75, 3.05) is 6.61 Å². The van der Waals surface area contributed by atoms with Crippen LogP contribution in [-0.2, 0) is 18.7 Å². The van der Waals surface area contributed by atoms with E-state index in [1.165, 1.54) is 35.5 Å². The first kappa shape index (κ1) is 25.1. The topological polar surface area (TPSA) is 65.1 Å². The van der Waals surface area contributed by atoms with Gasteiger partial charge in [-0.15, -0.1) is 0 Å². The van der Waals surface area contributed by atoms with Gasteiger partial charge >= 0.3 is 6.18 Å². The van der Waals surface area contributed by atoms with Crippen molar-refractivity contribution < 1.29 is 31.8 Å². The van der Waals surface area contributed by atoms with Gasteiger partial charge in [0.25, 0.3) is 0 Å². The number of aliphatic hydroxyl groups is 1. The van der Waals surface area contributed by atoms with E-state index in [2.05, 4.69) is 10.1 Å². The highest BCUT2D eigenvalue weighted by molar-refractivity contribution is 5.69. The zero-order chi connectivity index (χ0) is 25.8. The smallest absolute Gasteiger partial charge is 0.422 e. The third kappa shape index (κ3) is 6.57. The molecule has 2 aromatic carbocycles. The van der Waals surface area contributed by atoms with Crippen molar-refractivity contribution in [3.63, 3.8) is 0 Å². The largest absolute Gasteiger partial charge is 0.484 e. The number of hydrogen-bond donors (Lipinski definition) is 1. The maximum Gasteiger partial charge on any atom is 0.422 e. The van der Waals surface area contributed by atoms with Crippen molar-refractivity contribution >= 4 is 12.2 Å². The van der Waals surface area contributed by atoms with Gasteiger partial charge in [0.15, 0.2) is 6.61 Å². The molecule has 2 aromatic heterocycles. The number of hydrogen-bond acceptors (Lipinski definition) is 4. The van der Waals surface area contributed by atoms with Crippen LogP contribution in [0.25, 0.3) is 12.2 Å². The Morgan fingerprint density at radius 1 is 0.944 bits per heavy atom. The van der Waals surface area contributed by atoms with Crippen molar-refractivity contribution in [3.05, 3.63) is 102 Å². The minimum atomic E-state index is -4.41. The Kier molecular flexibility index (Phi) is 7.20. The highest BCUT2D eigenvalue weighted by atomic mass is 19.4. The third-order valence-electron chi connectivity index (χ3n) is 5.29. The molecule has 1 unspecified atom stereocenters. The zero-order valence-corrected chi connectivity index (χ0v) is 18.7. The van der Waals surface area contributed by atoms with Gasteiger partial charge in [-0.3, -0.25) is 0 Å². The van der Waals surface area contributed by atoms with Crippen molar-refractivity contribution in [1.29, 1.82) is 0 Å². The van der Waals surface area contributed by atoms with Crippen molar-refractivity contribution in [1.82, 2.24) is 19.3 Å². The van der Waals surface area contributed by atoms with Gasteiger partial charge in [0.05, 0.1) is 13.1 Å². The van der Waals surface area contributed by atoms with Gasteiger partial charge in [-0.05, 0) is 35.4 Å². The third-order valence-corrected chi connectivity index (χ3v) is 5.29. The molecule has 0 aliphatic rings. The molecule has 1 N–H and O–H groups in total. The highest BCUT2D eigenvalue weighted by Crippen LogP contribution is 2.29. The molecule has 2 heterocycles. The molecule has 0 aliphatic carbocycles. The molecular weight excluding hydrogens is 483 g/mol. The summed E-state index contributed by atoms with van der Waals surface area (Å²) in [6, 6.07) is 10.9. The second-order valence-corrected chi connectivity index (χ2v) is 8.17. The van der Waals surface area contributed by atoms with Gasteiger partial charge in [0, 0.05) is 24.0 Å². The Bertz CT molecular complexity index is 1320. The summed E-state index contributed by atoms with van der Waals surface area (Å²) in [4.78, 5) is 3.84. The molecule has 0 radical (unpaired) electrons. The van der Waals surface area contributed by atoms with Gasteiger partial charge < -0.3 is 14.4 Å². The summed E-state index contributed by atoms with van der Waals surface area (Å²) in [6.07, 6.45) is 5.22. The molecule has 11 heteroatoms. The van der Waals surface area contributed by atoms with Crippen LogP contribution in [-0.4, -0.2) is 37.2 Å². The van der Waals surface area contributed by atoms with Crippen LogP contribution in [0.1, 0.15) is 16.7 Å². The Morgan fingerprint density at radius 3 is 2.36 bits per heavy atom. The number of rotatable bonds is 9. The summed E-state index contributed by atoms with van der Waals surface area (Å²) in [6.45, 7) is -1.54.